The summed E-state index contributed by atoms with van der Waals surface area (Å²) in [5.74, 6) is 0.818. The van der Waals surface area contributed by atoms with Gasteiger partial charge in [-0.05, 0) is 25.8 Å². The van der Waals surface area contributed by atoms with Gasteiger partial charge in [-0.1, -0.05) is 13.8 Å². The molecule has 0 radical (unpaired) electrons. The molecular formula is C14H21N5O2. The van der Waals surface area contributed by atoms with E-state index in [9.17, 15) is 9.90 Å². The predicted molar refractivity (Wildman–Crippen MR) is 77.8 cm³/mol. The summed E-state index contributed by atoms with van der Waals surface area (Å²) in [6.07, 6.45) is -0.471. The van der Waals surface area contributed by atoms with Gasteiger partial charge in [0.15, 0.2) is 5.82 Å². The number of nitrogens with zero attached hydrogens (tertiary/aromatic N) is 4. The van der Waals surface area contributed by atoms with Gasteiger partial charge in [0, 0.05) is 17.9 Å². The lowest BCUT2D eigenvalue weighted by atomic mass is 10.1. The molecule has 0 saturated carbocycles. The Morgan fingerprint density at radius 2 is 2.10 bits per heavy atom. The highest BCUT2D eigenvalue weighted by Gasteiger charge is 2.14. The van der Waals surface area contributed by atoms with Crippen LogP contribution in [0, 0.1) is 19.8 Å². The highest BCUT2D eigenvalue weighted by atomic mass is 16.3. The molecule has 1 unspecified atom stereocenters. The van der Waals surface area contributed by atoms with Crippen LogP contribution in [0.25, 0.3) is 5.78 Å². The zero-order valence-corrected chi connectivity index (χ0v) is 12.8. The maximum atomic E-state index is 11.8. The zero-order valence-electron chi connectivity index (χ0n) is 12.8. The maximum Gasteiger partial charge on any atom is 0.252 e. The van der Waals surface area contributed by atoms with E-state index in [2.05, 4.69) is 20.4 Å². The molecule has 7 heteroatoms. The first kappa shape index (κ1) is 15.4. The Balaban J connectivity index is 2.03. The topological polar surface area (TPSA) is 92.4 Å². The maximum absolute atomic E-state index is 11.8. The Bertz CT molecular complexity index is 650. The second-order valence-corrected chi connectivity index (χ2v) is 5.57. The number of amides is 1. The highest BCUT2D eigenvalue weighted by molar-refractivity contribution is 5.77. The van der Waals surface area contributed by atoms with E-state index < -0.39 is 6.10 Å². The van der Waals surface area contributed by atoms with Gasteiger partial charge in [-0.15, -0.1) is 5.10 Å². The third-order valence-corrected chi connectivity index (χ3v) is 3.26. The van der Waals surface area contributed by atoms with E-state index in [0.29, 0.717) is 11.6 Å². The number of nitrogens with one attached hydrogen (secondary N) is 1. The summed E-state index contributed by atoms with van der Waals surface area (Å²) in [4.78, 5) is 20.4. The molecule has 2 aromatic heterocycles. The van der Waals surface area contributed by atoms with Crippen molar-refractivity contribution in [3.63, 3.8) is 0 Å². The Morgan fingerprint density at radius 3 is 2.76 bits per heavy atom. The number of aryl methyl sites for hydroxylation is 2. The van der Waals surface area contributed by atoms with E-state index in [4.69, 9.17) is 0 Å². The monoisotopic (exact) mass is 291 g/mol. The molecule has 1 amide bonds. The van der Waals surface area contributed by atoms with Crippen LogP contribution in [0.3, 0.4) is 0 Å². The fourth-order valence-corrected chi connectivity index (χ4v) is 1.94. The lowest BCUT2D eigenvalue weighted by Crippen LogP contribution is -2.35. The summed E-state index contributed by atoms with van der Waals surface area (Å²) in [5.41, 5.74) is 1.79. The van der Waals surface area contributed by atoms with Gasteiger partial charge in [0.2, 0.25) is 5.91 Å². The largest absolute Gasteiger partial charge is 0.391 e. The third kappa shape index (κ3) is 3.75. The average Bonchev–Trinajstić information content (AvgIpc) is 2.78. The van der Waals surface area contributed by atoms with Gasteiger partial charge in [0.05, 0.1) is 12.5 Å². The van der Waals surface area contributed by atoms with Crippen LogP contribution in [0.15, 0.2) is 6.07 Å². The van der Waals surface area contributed by atoms with Crippen molar-refractivity contribution in [2.45, 2.75) is 40.2 Å². The van der Waals surface area contributed by atoms with Gasteiger partial charge in [-0.25, -0.2) is 9.50 Å². The molecule has 0 fully saturated rings. The van der Waals surface area contributed by atoms with E-state index in [1.807, 2.05) is 33.8 Å². The molecule has 0 aliphatic carbocycles. The number of aromatic nitrogens is 4. The number of hydrogen-bond donors (Lipinski definition) is 2. The number of carbonyl (C=O) groups excluding carboxylic acids is 1. The molecule has 2 rings (SSSR count). The number of aliphatic hydroxyl groups excluding tert-OH is 1. The fraction of sp³-hybridized carbons (Fsp3) is 0.571. The molecule has 0 aliphatic rings. The van der Waals surface area contributed by atoms with Crippen LogP contribution >= 0.6 is 0 Å². The van der Waals surface area contributed by atoms with Crippen LogP contribution in [0.4, 0.5) is 0 Å². The molecule has 2 aromatic rings. The molecule has 2 heterocycles. The number of fused-ring (bicyclic) bond motifs is 1. The molecular weight excluding hydrogens is 270 g/mol. The van der Waals surface area contributed by atoms with Crippen LogP contribution in [0.2, 0.25) is 0 Å². The van der Waals surface area contributed by atoms with Crippen molar-refractivity contribution in [2.75, 3.05) is 6.54 Å². The van der Waals surface area contributed by atoms with E-state index in [0.717, 1.165) is 11.4 Å². The van der Waals surface area contributed by atoms with Gasteiger partial charge in [0.25, 0.3) is 5.78 Å². The summed E-state index contributed by atoms with van der Waals surface area (Å²) < 4.78 is 1.62. The number of aliphatic hydroxyl groups is 1. The first-order valence-electron chi connectivity index (χ1n) is 7.01. The van der Waals surface area contributed by atoms with Gasteiger partial charge in [-0.3, -0.25) is 4.79 Å². The second-order valence-electron chi connectivity index (χ2n) is 5.57. The molecule has 0 aromatic carbocycles. The van der Waals surface area contributed by atoms with Crippen LogP contribution in [-0.4, -0.2) is 43.2 Å². The van der Waals surface area contributed by atoms with Gasteiger partial charge in [0.1, 0.15) is 0 Å². The molecule has 1 atom stereocenters. The summed E-state index contributed by atoms with van der Waals surface area (Å²) in [5, 5.41) is 16.6. The van der Waals surface area contributed by atoms with E-state index >= 15 is 0 Å². The standard InChI is InChI=1S/C14H21N5O2/c1-8(2)11(20)7-15-13(21)6-12-17-14-16-9(3)5-10(4)19(14)18-12/h5,8,11,20H,6-7H2,1-4H3,(H,15,21). The van der Waals surface area contributed by atoms with Crippen molar-refractivity contribution >= 4 is 11.7 Å². The first-order chi connectivity index (χ1) is 9.86. The minimum atomic E-state index is -0.547. The van der Waals surface area contributed by atoms with Crippen molar-refractivity contribution in [1.82, 2.24) is 24.9 Å². The summed E-state index contributed by atoms with van der Waals surface area (Å²) in [7, 11) is 0. The number of rotatable bonds is 5. The van der Waals surface area contributed by atoms with Gasteiger partial charge < -0.3 is 10.4 Å². The molecule has 21 heavy (non-hydrogen) atoms. The molecule has 7 nitrogen and oxygen atoms in total. The fourth-order valence-electron chi connectivity index (χ4n) is 1.94. The Morgan fingerprint density at radius 1 is 1.38 bits per heavy atom. The van der Waals surface area contributed by atoms with Gasteiger partial charge >= 0.3 is 0 Å². The number of hydrogen-bond acceptors (Lipinski definition) is 5. The number of carbonyl (C=O) groups is 1. The third-order valence-electron chi connectivity index (χ3n) is 3.26. The van der Waals surface area contributed by atoms with E-state index in [1.165, 1.54) is 0 Å². The van der Waals surface area contributed by atoms with Crippen molar-refractivity contribution in [3.05, 3.63) is 23.3 Å². The van der Waals surface area contributed by atoms with Gasteiger partial charge in [-0.2, -0.15) is 4.98 Å². The molecule has 2 N–H and O–H groups in total. The zero-order chi connectivity index (χ0) is 15.6. The van der Waals surface area contributed by atoms with Crippen LogP contribution < -0.4 is 5.32 Å². The SMILES string of the molecule is Cc1cc(C)n2nc(CC(=O)NCC(O)C(C)C)nc2n1. The van der Waals surface area contributed by atoms with Crippen LogP contribution in [0.5, 0.6) is 0 Å². The lowest BCUT2D eigenvalue weighted by Gasteiger charge is -2.14. The normalized spacial score (nSPS) is 12.9. The molecule has 0 aliphatic heterocycles. The minimum absolute atomic E-state index is 0.0761. The summed E-state index contributed by atoms with van der Waals surface area (Å²) >= 11 is 0. The Labute approximate surface area is 123 Å². The van der Waals surface area contributed by atoms with Crippen LogP contribution in [-0.2, 0) is 11.2 Å². The van der Waals surface area contributed by atoms with Crippen molar-refractivity contribution in [2.24, 2.45) is 5.92 Å². The van der Waals surface area contributed by atoms with Crippen molar-refractivity contribution in [3.8, 4) is 0 Å². The Hall–Kier alpha value is -2.02. The summed E-state index contributed by atoms with van der Waals surface area (Å²) in [6, 6.07) is 1.91. The van der Waals surface area contributed by atoms with Crippen molar-refractivity contribution < 1.29 is 9.90 Å². The Kier molecular flexibility index (Phi) is 4.52. The molecule has 0 spiro atoms. The smallest absolute Gasteiger partial charge is 0.252 e. The molecule has 114 valence electrons. The van der Waals surface area contributed by atoms with E-state index in [1.54, 1.807) is 4.52 Å². The minimum Gasteiger partial charge on any atom is -0.391 e. The summed E-state index contributed by atoms with van der Waals surface area (Å²) in [6.45, 7) is 7.84. The lowest BCUT2D eigenvalue weighted by molar-refractivity contribution is -0.121. The highest BCUT2D eigenvalue weighted by Crippen LogP contribution is 2.06. The predicted octanol–water partition coefficient (Wildman–Crippen LogP) is 0.417. The quantitative estimate of drug-likeness (QED) is 0.832. The van der Waals surface area contributed by atoms with Crippen molar-refractivity contribution in [1.29, 1.82) is 0 Å². The van der Waals surface area contributed by atoms with E-state index in [-0.39, 0.29) is 24.8 Å². The van der Waals surface area contributed by atoms with Crippen LogP contribution in [0.1, 0.15) is 31.1 Å². The second kappa shape index (κ2) is 6.17. The molecule has 0 bridgehead atoms. The first-order valence-corrected chi connectivity index (χ1v) is 7.01. The average molecular weight is 291 g/mol. The molecule has 0 saturated heterocycles.